The van der Waals surface area contributed by atoms with E-state index in [0.29, 0.717) is 22.8 Å². The molecule has 0 N–H and O–H groups in total. The van der Waals surface area contributed by atoms with Gasteiger partial charge in [0.25, 0.3) is 0 Å². The summed E-state index contributed by atoms with van der Waals surface area (Å²) < 4.78 is 0. The maximum atomic E-state index is 12.3. The van der Waals surface area contributed by atoms with Gasteiger partial charge in [0.15, 0.2) is 11.7 Å². The molecule has 2 amide bonds. The summed E-state index contributed by atoms with van der Waals surface area (Å²) in [6, 6.07) is 18.3. The summed E-state index contributed by atoms with van der Waals surface area (Å²) in [4.78, 5) is 24.5. The number of carbonyl (C=O) groups is 2. The first-order chi connectivity index (χ1) is 11.6. The number of rotatable bonds is 2. The molecule has 2 aromatic carbocycles. The molecule has 0 saturated heterocycles. The van der Waals surface area contributed by atoms with E-state index in [4.69, 9.17) is 0 Å². The fourth-order valence-corrected chi connectivity index (χ4v) is 2.48. The van der Waals surface area contributed by atoms with Crippen LogP contribution >= 0.6 is 0 Å². The summed E-state index contributed by atoms with van der Waals surface area (Å²) in [6.07, 6.45) is 0. The van der Waals surface area contributed by atoms with Crippen LogP contribution in [0.5, 0.6) is 0 Å². The van der Waals surface area contributed by atoms with Crippen LogP contribution < -0.4 is 0 Å². The van der Waals surface area contributed by atoms with Crippen molar-refractivity contribution in [2.24, 2.45) is 10.2 Å². The highest BCUT2D eigenvalue weighted by molar-refractivity contribution is 6.16. The summed E-state index contributed by atoms with van der Waals surface area (Å²) in [6.45, 7) is 2.78. The largest absolute Gasteiger partial charge is 0.273 e. The van der Waals surface area contributed by atoms with Crippen molar-refractivity contribution in [3.05, 3.63) is 71.8 Å². The van der Waals surface area contributed by atoms with Crippen LogP contribution in [0.1, 0.15) is 25.0 Å². The molecular weight excluding hydrogens is 304 g/mol. The van der Waals surface area contributed by atoms with Gasteiger partial charge in [0.2, 0.25) is 11.8 Å². The molecule has 0 bridgehead atoms. The molecule has 0 fully saturated rings. The molecule has 0 unspecified atom stereocenters. The number of nitrogens with zero attached hydrogens (tertiary/aromatic N) is 4. The number of amidine groups is 2. The Bertz CT molecular complexity index is 757. The fraction of sp³-hybridized carbons (Fsp3) is 0.111. The van der Waals surface area contributed by atoms with Crippen molar-refractivity contribution in [3.8, 4) is 0 Å². The van der Waals surface area contributed by atoms with Crippen LogP contribution in [0.2, 0.25) is 0 Å². The van der Waals surface area contributed by atoms with Gasteiger partial charge in [0.1, 0.15) is 0 Å². The van der Waals surface area contributed by atoms with Gasteiger partial charge < -0.3 is 0 Å². The topological polar surface area (TPSA) is 65.3 Å². The van der Waals surface area contributed by atoms with Gasteiger partial charge in [-0.1, -0.05) is 60.7 Å². The fourth-order valence-electron chi connectivity index (χ4n) is 2.48. The molecule has 0 radical (unpaired) electrons. The molecule has 0 aromatic heterocycles. The van der Waals surface area contributed by atoms with Crippen LogP contribution in [-0.4, -0.2) is 33.5 Å². The van der Waals surface area contributed by atoms with Gasteiger partial charge in [0, 0.05) is 25.0 Å². The summed E-state index contributed by atoms with van der Waals surface area (Å²) >= 11 is 0. The number of hydrogen-bond donors (Lipinski definition) is 0. The quantitative estimate of drug-likeness (QED) is 0.853. The SMILES string of the molecule is CC(=O)N1C(c2ccccc2)=NN=C(c2ccccc2)N1C(C)=O. The Balaban J connectivity index is 2.17. The van der Waals surface area contributed by atoms with E-state index in [0.717, 1.165) is 0 Å². The van der Waals surface area contributed by atoms with Crippen molar-refractivity contribution in [1.29, 1.82) is 0 Å². The Morgan fingerprint density at radius 3 is 1.29 bits per heavy atom. The lowest BCUT2D eigenvalue weighted by Gasteiger charge is -2.36. The summed E-state index contributed by atoms with van der Waals surface area (Å²) in [5, 5.41) is 10.9. The first-order valence-corrected chi connectivity index (χ1v) is 7.47. The molecule has 1 heterocycles. The van der Waals surface area contributed by atoms with Crippen LogP contribution in [0.15, 0.2) is 70.9 Å². The lowest BCUT2D eigenvalue weighted by atomic mass is 10.1. The zero-order valence-corrected chi connectivity index (χ0v) is 13.4. The molecule has 120 valence electrons. The first kappa shape index (κ1) is 15.6. The second-order valence-corrected chi connectivity index (χ2v) is 5.24. The molecular formula is C18H16N4O2. The number of hydrazine groups is 1. The summed E-state index contributed by atoms with van der Waals surface area (Å²) in [7, 11) is 0. The lowest BCUT2D eigenvalue weighted by Crippen LogP contribution is -2.56. The van der Waals surface area contributed by atoms with Gasteiger partial charge >= 0.3 is 0 Å². The van der Waals surface area contributed by atoms with Gasteiger partial charge in [-0.3, -0.25) is 9.59 Å². The summed E-state index contributed by atoms with van der Waals surface area (Å²) in [5.74, 6) is -0.0109. The molecule has 6 nitrogen and oxygen atoms in total. The van der Waals surface area contributed by atoms with Crippen LogP contribution in [0, 0.1) is 0 Å². The number of benzene rings is 2. The van der Waals surface area contributed by atoms with E-state index in [1.54, 1.807) is 0 Å². The Morgan fingerprint density at radius 2 is 1.00 bits per heavy atom. The monoisotopic (exact) mass is 320 g/mol. The van der Waals surface area contributed by atoms with Gasteiger partial charge in [0.05, 0.1) is 0 Å². The molecule has 0 atom stereocenters. The van der Waals surface area contributed by atoms with Crippen LogP contribution in [0.3, 0.4) is 0 Å². The molecule has 24 heavy (non-hydrogen) atoms. The van der Waals surface area contributed by atoms with Gasteiger partial charge in [-0.15, -0.1) is 10.2 Å². The van der Waals surface area contributed by atoms with Crippen molar-refractivity contribution in [2.45, 2.75) is 13.8 Å². The number of hydrogen-bond acceptors (Lipinski definition) is 4. The molecule has 0 spiro atoms. The van der Waals surface area contributed by atoms with Crippen LogP contribution in [-0.2, 0) is 9.59 Å². The van der Waals surface area contributed by atoms with Crippen LogP contribution in [0.25, 0.3) is 0 Å². The molecule has 6 heteroatoms. The molecule has 1 aliphatic rings. The predicted octanol–water partition coefficient (Wildman–Crippen LogP) is 2.42. The Hall–Kier alpha value is -3.28. The average molecular weight is 320 g/mol. The highest BCUT2D eigenvalue weighted by atomic mass is 16.2. The van der Waals surface area contributed by atoms with Crippen molar-refractivity contribution in [1.82, 2.24) is 10.0 Å². The van der Waals surface area contributed by atoms with Crippen molar-refractivity contribution >= 4 is 23.5 Å². The zero-order valence-electron chi connectivity index (χ0n) is 13.4. The molecule has 0 saturated carbocycles. The standard InChI is InChI=1S/C18H16N4O2/c1-13(23)21-17(15-9-5-3-6-10-15)19-20-18(22(21)14(2)24)16-11-7-4-8-12-16/h3-12H,1-2H3. The van der Waals surface area contributed by atoms with Gasteiger partial charge in [-0.2, -0.15) is 10.0 Å². The Morgan fingerprint density at radius 1 is 0.667 bits per heavy atom. The minimum absolute atomic E-state index is 0.318. The van der Waals surface area contributed by atoms with E-state index < -0.39 is 0 Å². The van der Waals surface area contributed by atoms with Crippen molar-refractivity contribution < 1.29 is 9.59 Å². The number of carbonyl (C=O) groups excluding carboxylic acids is 2. The molecule has 0 aliphatic carbocycles. The normalized spacial score (nSPS) is 14.1. The molecule has 1 aliphatic heterocycles. The third-order valence-corrected chi connectivity index (χ3v) is 3.50. The van der Waals surface area contributed by atoms with E-state index in [-0.39, 0.29) is 11.8 Å². The van der Waals surface area contributed by atoms with Crippen LogP contribution in [0.4, 0.5) is 0 Å². The minimum Gasteiger partial charge on any atom is -0.273 e. The third kappa shape index (κ3) is 2.81. The first-order valence-electron chi connectivity index (χ1n) is 7.47. The third-order valence-electron chi connectivity index (χ3n) is 3.50. The predicted molar refractivity (Wildman–Crippen MR) is 91.0 cm³/mol. The maximum Gasteiger partial charge on any atom is 0.244 e. The van der Waals surface area contributed by atoms with E-state index >= 15 is 0 Å². The van der Waals surface area contributed by atoms with E-state index in [1.165, 1.54) is 23.9 Å². The van der Waals surface area contributed by atoms with E-state index in [9.17, 15) is 9.59 Å². The van der Waals surface area contributed by atoms with Crippen molar-refractivity contribution in [2.75, 3.05) is 0 Å². The van der Waals surface area contributed by atoms with Gasteiger partial charge in [-0.05, 0) is 0 Å². The highest BCUT2D eigenvalue weighted by Gasteiger charge is 2.34. The Labute approximate surface area is 139 Å². The zero-order chi connectivity index (χ0) is 17.1. The number of amides is 2. The molecule has 2 aromatic rings. The molecule has 3 rings (SSSR count). The van der Waals surface area contributed by atoms with Crippen molar-refractivity contribution in [3.63, 3.8) is 0 Å². The lowest BCUT2D eigenvalue weighted by molar-refractivity contribution is -0.145. The maximum absolute atomic E-state index is 12.3. The second kappa shape index (κ2) is 6.45. The van der Waals surface area contributed by atoms with E-state index in [1.807, 2.05) is 60.7 Å². The average Bonchev–Trinajstić information content (AvgIpc) is 2.61. The summed E-state index contributed by atoms with van der Waals surface area (Å²) in [5.41, 5.74) is 1.41. The Kier molecular flexibility index (Phi) is 4.20. The highest BCUT2D eigenvalue weighted by Crippen LogP contribution is 2.19. The van der Waals surface area contributed by atoms with Gasteiger partial charge in [-0.25, -0.2) is 0 Å². The minimum atomic E-state index is -0.323. The second-order valence-electron chi connectivity index (χ2n) is 5.24. The smallest absolute Gasteiger partial charge is 0.244 e. The van der Waals surface area contributed by atoms with E-state index in [2.05, 4.69) is 10.2 Å².